The van der Waals surface area contributed by atoms with E-state index < -0.39 is 5.60 Å². The van der Waals surface area contributed by atoms with Gasteiger partial charge in [0.1, 0.15) is 5.60 Å². The van der Waals surface area contributed by atoms with Gasteiger partial charge in [-0.1, -0.05) is 48.5 Å². The molecule has 0 N–H and O–H groups in total. The second kappa shape index (κ2) is 6.98. The van der Waals surface area contributed by atoms with Crippen LogP contribution in [0.4, 0.5) is 0 Å². The lowest BCUT2D eigenvalue weighted by molar-refractivity contribution is -0.148. The standard InChI is InChI=1S/C22H23NO2/c1-22(2,3)25-21(24)14-13-19-15-18-11-7-8-12-20(18)23(19)16-17-9-5-4-6-10-17/h4-15H,16H2,1-3H3. The zero-order valence-electron chi connectivity index (χ0n) is 14.9. The fraction of sp³-hybridized carbons (Fsp3) is 0.227. The van der Waals surface area contributed by atoms with Crippen LogP contribution in [0, 0.1) is 0 Å². The number of para-hydroxylation sites is 1. The first-order valence-electron chi connectivity index (χ1n) is 8.46. The van der Waals surface area contributed by atoms with Gasteiger partial charge in [0.2, 0.25) is 0 Å². The van der Waals surface area contributed by atoms with Crippen LogP contribution in [0.3, 0.4) is 0 Å². The van der Waals surface area contributed by atoms with E-state index in [-0.39, 0.29) is 5.97 Å². The molecule has 25 heavy (non-hydrogen) atoms. The summed E-state index contributed by atoms with van der Waals surface area (Å²) in [5.74, 6) is -0.330. The fourth-order valence-corrected chi connectivity index (χ4v) is 2.80. The Morgan fingerprint density at radius 2 is 1.72 bits per heavy atom. The predicted octanol–water partition coefficient (Wildman–Crippen LogP) is 5.04. The third-order valence-corrected chi connectivity index (χ3v) is 3.82. The van der Waals surface area contributed by atoms with Crippen molar-refractivity contribution >= 4 is 22.9 Å². The van der Waals surface area contributed by atoms with E-state index in [1.807, 2.05) is 57.2 Å². The van der Waals surface area contributed by atoms with Crippen LogP contribution in [0.15, 0.2) is 66.7 Å². The molecule has 1 aromatic heterocycles. The summed E-state index contributed by atoms with van der Waals surface area (Å²) in [5.41, 5.74) is 2.86. The predicted molar refractivity (Wildman–Crippen MR) is 102 cm³/mol. The highest BCUT2D eigenvalue weighted by molar-refractivity contribution is 5.89. The topological polar surface area (TPSA) is 31.2 Å². The van der Waals surface area contributed by atoms with Gasteiger partial charge in [0.25, 0.3) is 0 Å². The average Bonchev–Trinajstić information content (AvgIpc) is 2.90. The monoisotopic (exact) mass is 333 g/mol. The molecule has 1 heterocycles. The van der Waals surface area contributed by atoms with Crippen molar-refractivity contribution in [3.8, 4) is 0 Å². The highest BCUT2D eigenvalue weighted by Crippen LogP contribution is 2.22. The summed E-state index contributed by atoms with van der Waals surface area (Å²) in [4.78, 5) is 12.0. The Balaban J connectivity index is 1.94. The molecule has 0 saturated carbocycles. The van der Waals surface area contributed by atoms with Gasteiger partial charge < -0.3 is 9.30 Å². The van der Waals surface area contributed by atoms with Gasteiger partial charge in [0.05, 0.1) is 0 Å². The highest BCUT2D eigenvalue weighted by Gasteiger charge is 2.14. The number of benzene rings is 2. The number of nitrogens with zero attached hydrogens (tertiary/aromatic N) is 1. The van der Waals surface area contributed by atoms with Gasteiger partial charge in [-0.05, 0) is 44.5 Å². The molecule has 3 aromatic rings. The molecule has 0 amide bonds. The second-order valence-corrected chi connectivity index (χ2v) is 7.07. The number of hydrogen-bond acceptors (Lipinski definition) is 2. The van der Waals surface area contributed by atoms with Gasteiger partial charge in [0.15, 0.2) is 0 Å². The SMILES string of the molecule is CC(C)(C)OC(=O)C=Cc1cc2ccccc2n1Cc1ccccc1. The minimum Gasteiger partial charge on any atom is -0.457 e. The van der Waals surface area contributed by atoms with Crippen LogP contribution < -0.4 is 0 Å². The molecule has 0 atom stereocenters. The van der Waals surface area contributed by atoms with E-state index in [2.05, 4.69) is 34.9 Å². The molecule has 0 radical (unpaired) electrons. The van der Waals surface area contributed by atoms with Crippen molar-refractivity contribution in [2.75, 3.05) is 0 Å². The zero-order valence-corrected chi connectivity index (χ0v) is 14.9. The summed E-state index contributed by atoms with van der Waals surface area (Å²) in [6, 6.07) is 20.6. The van der Waals surface area contributed by atoms with E-state index in [0.29, 0.717) is 0 Å². The molecule has 0 aliphatic heterocycles. The normalized spacial score (nSPS) is 12.0. The minimum atomic E-state index is -0.488. The van der Waals surface area contributed by atoms with Crippen LogP contribution in [0.25, 0.3) is 17.0 Å². The highest BCUT2D eigenvalue weighted by atomic mass is 16.6. The average molecular weight is 333 g/mol. The lowest BCUT2D eigenvalue weighted by Gasteiger charge is -2.18. The van der Waals surface area contributed by atoms with Crippen LogP contribution >= 0.6 is 0 Å². The molecule has 0 unspecified atom stereocenters. The zero-order chi connectivity index (χ0) is 17.9. The molecular formula is C22H23NO2. The Kier molecular flexibility index (Phi) is 4.75. The first-order valence-corrected chi connectivity index (χ1v) is 8.46. The van der Waals surface area contributed by atoms with Crippen molar-refractivity contribution in [3.63, 3.8) is 0 Å². The van der Waals surface area contributed by atoms with Gasteiger partial charge in [-0.15, -0.1) is 0 Å². The van der Waals surface area contributed by atoms with Crippen molar-refractivity contribution in [2.24, 2.45) is 0 Å². The summed E-state index contributed by atoms with van der Waals surface area (Å²) in [6.45, 7) is 6.35. The third-order valence-electron chi connectivity index (χ3n) is 3.82. The van der Waals surface area contributed by atoms with Gasteiger partial charge >= 0.3 is 5.97 Å². The number of aromatic nitrogens is 1. The molecule has 128 valence electrons. The van der Waals surface area contributed by atoms with Crippen LogP contribution in [-0.4, -0.2) is 16.1 Å². The number of fused-ring (bicyclic) bond motifs is 1. The van der Waals surface area contributed by atoms with Crippen LogP contribution in [0.2, 0.25) is 0 Å². The van der Waals surface area contributed by atoms with Gasteiger partial charge in [0, 0.05) is 29.2 Å². The number of esters is 1. The Morgan fingerprint density at radius 1 is 1.04 bits per heavy atom. The van der Waals surface area contributed by atoms with Crippen LogP contribution in [-0.2, 0) is 16.1 Å². The lowest BCUT2D eigenvalue weighted by Crippen LogP contribution is -2.22. The molecule has 2 aromatic carbocycles. The number of ether oxygens (including phenoxy) is 1. The molecule has 3 rings (SSSR count). The Hall–Kier alpha value is -2.81. The molecule has 0 fully saturated rings. The quantitative estimate of drug-likeness (QED) is 0.494. The summed E-state index contributed by atoms with van der Waals surface area (Å²) >= 11 is 0. The van der Waals surface area contributed by atoms with E-state index in [1.54, 1.807) is 0 Å². The Morgan fingerprint density at radius 3 is 2.44 bits per heavy atom. The summed E-state index contributed by atoms with van der Waals surface area (Å²) in [5, 5.41) is 1.15. The Labute approximate surface area is 148 Å². The van der Waals surface area contributed by atoms with E-state index in [0.717, 1.165) is 23.1 Å². The number of carbonyl (C=O) groups is 1. The van der Waals surface area contributed by atoms with E-state index in [9.17, 15) is 4.79 Å². The molecular weight excluding hydrogens is 310 g/mol. The van der Waals surface area contributed by atoms with Crippen molar-refractivity contribution in [3.05, 3.63) is 78.0 Å². The maximum atomic E-state index is 12.0. The molecule has 3 nitrogen and oxygen atoms in total. The summed E-state index contributed by atoms with van der Waals surface area (Å²) < 4.78 is 7.57. The van der Waals surface area contributed by atoms with Crippen molar-refractivity contribution in [1.29, 1.82) is 0 Å². The van der Waals surface area contributed by atoms with Gasteiger partial charge in [-0.25, -0.2) is 4.79 Å². The summed E-state index contributed by atoms with van der Waals surface area (Å²) in [6.07, 6.45) is 3.33. The summed E-state index contributed by atoms with van der Waals surface area (Å²) in [7, 11) is 0. The third kappa shape index (κ3) is 4.38. The molecule has 0 bridgehead atoms. The van der Waals surface area contributed by atoms with Crippen LogP contribution in [0.1, 0.15) is 32.0 Å². The molecule has 0 saturated heterocycles. The Bertz CT molecular complexity index is 899. The molecule has 3 heteroatoms. The number of hydrogen-bond donors (Lipinski definition) is 0. The molecule has 0 aliphatic rings. The van der Waals surface area contributed by atoms with Crippen molar-refractivity contribution < 1.29 is 9.53 Å². The van der Waals surface area contributed by atoms with Crippen LogP contribution in [0.5, 0.6) is 0 Å². The molecule has 0 aliphatic carbocycles. The number of carbonyl (C=O) groups excluding carboxylic acids is 1. The van der Waals surface area contributed by atoms with Crippen molar-refractivity contribution in [2.45, 2.75) is 32.9 Å². The van der Waals surface area contributed by atoms with Gasteiger partial charge in [-0.3, -0.25) is 0 Å². The van der Waals surface area contributed by atoms with Crippen molar-refractivity contribution in [1.82, 2.24) is 4.57 Å². The first kappa shape index (κ1) is 17.0. The molecule has 0 spiro atoms. The number of rotatable bonds is 4. The minimum absolute atomic E-state index is 0.330. The van der Waals surface area contributed by atoms with Gasteiger partial charge in [-0.2, -0.15) is 0 Å². The maximum Gasteiger partial charge on any atom is 0.331 e. The smallest absolute Gasteiger partial charge is 0.331 e. The largest absolute Gasteiger partial charge is 0.457 e. The fourth-order valence-electron chi connectivity index (χ4n) is 2.80. The van der Waals surface area contributed by atoms with E-state index >= 15 is 0 Å². The second-order valence-electron chi connectivity index (χ2n) is 7.07. The first-order chi connectivity index (χ1) is 11.9. The van der Waals surface area contributed by atoms with E-state index in [4.69, 9.17) is 4.74 Å². The van der Waals surface area contributed by atoms with E-state index in [1.165, 1.54) is 11.6 Å². The maximum absolute atomic E-state index is 12.0. The lowest BCUT2D eigenvalue weighted by atomic mass is 10.2.